The molecule has 2 aromatic rings. The van der Waals surface area contributed by atoms with Gasteiger partial charge in [-0.2, -0.15) is 0 Å². The number of rotatable bonds is 5. The van der Waals surface area contributed by atoms with E-state index in [0.717, 1.165) is 43.3 Å². The number of hydrogen-bond donors (Lipinski definition) is 1. The summed E-state index contributed by atoms with van der Waals surface area (Å²) in [5, 5.41) is 11.5. The molecule has 1 N–H and O–H groups in total. The Morgan fingerprint density at radius 2 is 2.33 bits per heavy atom. The molecular formula is C14H19N5OS. The summed E-state index contributed by atoms with van der Waals surface area (Å²) < 4.78 is 0. The van der Waals surface area contributed by atoms with E-state index in [1.165, 1.54) is 0 Å². The van der Waals surface area contributed by atoms with Gasteiger partial charge in [-0.1, -0.05) is 0 Å². The summed E-state index contributed by atoms with van der Waals surface area (Å²) in [6, 6.07) is 2.16. The highest BCUT2D eigenvalue weighted by molar-refractivity contribution is 7.07. The number of nitrogens with zero attached hydrogens (tertiary/aromatic N) is 5. The Kier molecular flexibility index (Phi) is 4.31. The normalized spacial score (nSPS) is 18.2. The van der Waals surface area contributed by atoms with Crippen molar-refractivity contribution in [3.05, 3.63) is 29.0 Å². The van der Waals surface area contributed by atoms with Crippen LogP contribution in [0.1, 0.15) is 18.5 Å². The molecule has 3 rings (SSSR count). The van der Waals surface area contributed by atoms with Crippen molar-refractivity contribution < 1.29 is 5.11 Å². The van der Waals surface area contributed by atoms with Gasteiger partial charge in [-0.05, 0) is 12.8 Å². The van der Waals surface area contributed by atoms with Gasteiger partial charge in [-0.3, -0.25) is 0 Å². The third kappa shape index (κ3) is 3.14. The second-order valence-corrected chi connectivity index (χ2v) is 5.96. The van der Waals surface area contributed by atoms with Crippen LogP contribution in [0.3, 0.4) is 0 Å². The Morgan fingerprint density at radius 3 is 3.10 bits per heavy atom. The van der Waals surface area contributed by atoms with Crippen molar-refractivity contribution in [3.63, 3.8) is 0 Å². The highest BCUT2D eigenvalue weighted by atomic mass is 32.1. The molecule has 7 heteroatoms. The van der Waals surface area contributed by atoms with Crippen LogP contribution in [0.2, 0.25) is 0 Å². The zero-order chi connectivity index (χ0) is 14.7. The molecule has 21 heavy (non-hydrogen) atoms. The van der Waals surface area contributed by atoms with Gasteiger partial charge < -0.3 is 14.9 Å². The summed E-state index contributed by atoms with van der Waals surface area (Å²) in [7, 11) is 2.00. The van der Waals surface area contributed by atoms with Crippen molar-refractivity contribution in [3.8, 4) is 0 Å². The summed E-state index contributed by atoms with van der Waals surface area (Å²) in [6.07, 6.45) is 3.71. The maximum atomic E-state index is 9.44. The molecule has 3 heterocycles. The van der Waals surface area contributed by atoms with E-state index in [1.54, 1.807) is 17.7 Å². The van der Waals surface area contributed by atoms with Gasteiger partial charge in [0.05, 0.1) is 30.4 Å². The Bertz CT molecular complexity index is 577. The van der Waals surface area contributed by atoms with E-state index in [2.05, 4.69) is 24.8 Å². The predicted octanol–water partition coefficient (Wildman–Crippen LogP) is 1.53. The number of hydrogen-bond acceptors (Lipinski definition) is 7. The van der Waals surface area contributed by atoms with Crippen LogP contribution in [0, 0.1) is 0 Å². The Morgan fingerprint density at radius 1 is 1.43 bits per heavy atom. The molecule has 2 aromatic heterocycles. The maximum Gasteiger partial charge on any atom is 0.134 e. The SMILES string of the molecule is CN(Cc1cscn1)c1cc(N2CCCC2CO)ncn1. The van der Waals surface area contributed by atoms with Gasteiger partial charge in [0.2, 0.25) is 0 Å². The highest BCUT2D eigenvalue weighted by Gasteiger charge is 2.25. The van der Waals surface area contributed by atoms with Gasteiger partial charge in [0.25, 0.3) is 0 Å². The number of thiazole rings is 1. The van der Waals surface area contributed by atoms with Crippen LogP contribution in [0.4, 0.5) is 11.6 Å². The molecule has 1 unspecified atom stereocenters. The molecule has 1 saturated heterocycles. The number of anilines is 2. The Labute approximate surface area is 128 Å². The van der Waals surface area contributed by atoms with E-state index in [4.69, 9.17) is 0 Å². The topological polar surface area (TPSA) is 65.4 Å². The number of aliphatic hydroxyl groups excluding tert-OH is 1. The number of aromatic nitrogens is 3. The molecule has 0 amide bonds. The summed E-state index contributed by atoms with van der Waals surface area (Å²) in [4.78, 5) is 17.2. The van der Waals surface area contributed by atoms with Crippen molar-refractivity contribution in [2.45, 2.75) is 25.4 Å². The molecule has 0 saturated carbocycles. The minimum atomic E-state index is 0.175. The summed E-state index contributed by atoms with van der Waals surface area (Å²) in [5.74, 6) is 1.76. The molecule has 1 aliphatic rings. The third-order valence-corrected chi connectivity index (χ3v) is 4.43. The van der Waals surface area contributed by atoms with Crippen LogP contribution in [0.15, 0.2) is 23.3 Å². The van der Waals surface area contributed by atoms with Crippen LogP contribution in [-0.2, 0) is 6.54 Å². The molecular weight excluding hydrogens is 286 g/mol. The predicted molar refractivity (Wildman–Crippen MR) is 83.7 cm³/mol. The average molecular weight is 305 g/mol. The highest BCUT2D eigenvalue weighted by Crippen LogP contribution is 2.25. The maximum absolute atomic E-state index is 9.44. The fourth-order valence-electron chi connectivity index (χ4n) is 2.67. The van der Waals surface area contributed by atoms with E-state index in [1.807, 2.05) is 24.0 Å². The van der Waals surface area contributed by atoms with Gasteiger partial charge >= 0.3 is 0 Å². The summed E-state index contributed by atoms with van der Waals surface area (Å²) in [6.45, 7) is 1.84. The lowest BCUT2D eigenvalue weighted by molar-refractivity contribution is 0.266. The van der Waals surface area contributed by atoms with Crippen molar-refractivity contribution >= 4 is 23.0 Å². The average Bonchev–Trinajstić information content (AvgIpc) is 3.18. The van der Waals surface area contributed by atoms with Crippen molar-refractivity contribution in [2.75, 3.05) is 30.0 Å². The monoisotopic (exact) mass is 305 g/mol. The minimum Gasteiger partial charge on any atom is -0.394 e. The number of aliphatic hydroxyl groups is 1. The van der Waals surface area contributed by atoms with E-state index in [0.29, 0.717) is 0 Å². The second kappa shape index (κ2) is 6.36. The Hall–Kier alpha value is -1.73. The van der Waals surface area contributed by atoms with E-state index in [9.17, 15) is 5.11 Å². The third-order valence-electron chi connectivity index (χ3n) is 3.79. The zero-order valence-electron chi connectivity index (χ0n) is 12.0. The van der Waals surface area contributed by atoms with Crippen LogP contribution < -0.4 is 9.80 Å². The molecule has 0 radical (unpaired) electrons. The standard InChI is InChI=1S/C14H19N5OS/c1-18(6-11-8-21-10-17-11)13-5-14(16-9-15-13)19-4-2-3-12(19)7-20/h5,8-10,12,20H,2-4,6-7H2,1H3. The Balaban J connectivity index is 1.76. The van der Waals surface area contributed by atoms with Crippen LogP contribution in [0.25, 0.3) is 0 Å². The lowest BCUT2D eigenvalue weighted by Gasteiger charge is -2.25. The van der Waals surface area contributed by atoms with Gasteiger partial charge in [0, 0.05) is 25.0 Å². The molecule has 112 valence electrons. The van der Waals surface area contributed by atoms with E-state index < -0.39 is 0 Å². The van der Waals surface area contributed by atoms with Crippen molar-refractivity contribution in [2.24, 2.45) is 0 Å². The molecule has 0 aliphatic carbocycles. The summed E-state index contributed by atoms with van der Waals surface area (Å²) in [5.41, 5.74) is 2.88. The first-order chi connectivity index (χ1) is 10.3. The quantitative estimate of drug-likeness (QED) is 0.904. The van der Waals surface area contributed by atoms with Gasteiger partial charge in [-0.15, -0.1) is 11.3 Å². The first-order valence-corrected chi connectivity index (χ1v) is 8.00. The molecule has 1 fully saturated rings. The first kappa shape index (κ1) is 14.2. The zero-order valence-corrected chi connectivity index (χ0v) is 12.8. The van der Waals surface area contributed by atoms with Crippen LogP contribution in [0.5, 0.6) is 0 Å². The minimum absolute atomic E-state index is 0.175. The lowest BCUT2D eigenvalue weighted by Crippen LogP contribution is -2.33. The largest absolute Gasteiger partial charge is 0.394 e. The fraction of sp³-hybridized carbons (Fsp3) is 0.500. The van der Waals surface area contributed by atoms with Crippen molar-refractivity contribution in [1.29, 1.82) is 0 Å². The second-order valence-electron chi connectivity index (χ2n) is 5.24. The van der Waals surface area contributed by atoms with Gasteiger partial charge in [0.1, 0.15) is 18.0 Å². The molecule has 1 atom stereocenters. The molecule has 0 aromatic carbocycles. The summed E-state index contributed by atoms with van der Waals surface area (Å²) >= 11 is 1.60. The lowest BCUT2D eigenvalue weighted by atomic mass is 10.2. The molecule has 1 aliphatic heterocycles. The van der Waals surface area contributed by atoms with E-state index in [-0.39, 0.29) is 12.6 Å². The van der Waals surface area contributed by atoms with Gasteiger partial charge in [-0.25, -0.2) is 15.0 Å². The molecule has 6 nitrogen and oxygen atoms in total. The van der Waals surface area contributed by atoms with Crippen molar-refractivity contribution in [1.82, 2.24) is 15.0 Å². The smallest absolute Gasteiger partial charge is 0.134 e. The van der Waals surface area contributed by atoms with Crippen LogP contribution >= 0.6 is 11.3 Å². The fourth-order valence-corrected chi connectivity index (χ4v) is 3.22. The first-order valence-electron chi connectivity index (χ1n) is 7.05. The van der Waals surface area contributed by atoms with Crippen LogP contribution in [-0.4, -0.2) is 46.3 Å². The molecule has 0 spiro atoms. The van der Waals surface area contributed by atoms with Gasteiger partial charge in [0.15, 0.2) is 0 Å². The van der Waals surface area contributed by atoms with E-state index >= 15 is 0 Å². The molecule has 0 bridgehead atoms.